The van der Waals surface area contributed by atoms with Crippen molar-refractivity contribution in [2.24, 2.45) is 0 Å². The summed E-state index contributed by atoms with van der Waals surface area (Å²) in [5.41, 5.74) is 0.855. The Labute approximate surface area is 88.2 Å². The van der Waals surface area contributed by atoms with Gasteiger partial charge >= 0.3 is 0 Å². The van der Waals surface area contributed by atoms with E-state index in [4.69, 9.17) is 4.74 Å². The first kappa shape index (κ1) is 11.2. The number of hydrogen-bond acceptors (Lipinski definition) is 3. The SMILES string of the molecule is CCNC(=O)c1cc(C=O)cc(OC)c1. The summed E-state index contributed by atoms with van der Waals surface area (Å²) in [5.74, 6) is 0.292. The fourth-order valence-electron chi connectivity index (χ4n) is 1.20. The van der Waals surface area contributed by atoms with Gasteiger partial charge in [-0.2, -0.15) is 0 Å². The standard InChI is InChI=1S/C11H13NO3/c1-3-12-11(14)9-4-8(7-13)5-10(6-9)15-2/h4-7H,3H2,1-2H3,(H,12,14). The van der Waals surface area contributed by atoms with Crippen LogP contribution in [0.5, 0.6) is 5.75 Å². The summed E-state index contributed by atoms with van der Waals surface area (Å²) in [6, 6.07) is 4.70. The van der Waals surface area contributed by atoms with E-state index in [2.05, 4.69) is 5.32 Å². The predicted octanol–water partition coefficient (Wildman–Crippen LogP) is 1.26. The molecular weight excluding hydrogens is 194 g/mol. The van der Waals surface area contributed by atoms with Gasteiger partial charge in [0.05, 0.1) is 7.11 Å². The van der Waals surface area contributed by atoms with Gasteiger partial charge in [0.2, 0.25) is 0 Å². The molecule has 4 heteroatoms. The molecule has 80 valence electrons. The van der Waals surface area contributed by atoms with Gasteiger partial charge < -0.3 is 10.1 Å². The molecule has 0 aliphatic heterocycles. The third-order valence-corrected chi connectivity index (χ3v) is 1.90. The Morgan fingerprint density at radius 1 is 1.47 bits per heavy atom. The molecule has 0 radical (unpaired) electrons. The predicted molar refractivity (Wildman–Crippen MR) is 56.4 cm³/mol. The Bertz CT molecular complexity index is 374. The largest absolute Gasteiger partial charge is 0.497 e. The van der Waals surface area contributed by atoms with Crippen LogP contribution >= 0.6 is 0 Å². The smallest absolute Gasteiger partial charge is 0.251 e. The van der Waals surface area contributed by atoms with E-state index in [0.717, 1.165) is 0 Å². The Morgan fingerprint density at radius 2 is 2.20 bits per heavy atom. The van der Waals surface area contributed by atoms with Crippen molar-refractivity contribution >= 4 is 12.2 Å². The molecule has 0 aliphatic rings. The van der Waals surface area contributed by atoms with Crippen molar-refractivity contribution in [1.82, 2.24) is 5.32 Å². The van der Waals surface area contributed by atoms with Crippen molar-refractivity contribution in [3.8, 4) is 5.75 Å². The quantitative estimate of drug-likeness (QED) is 0.756. The van der Waals surface area contributed by atoms with Gasteiger partial charge in [-0.05, 0) is 25.1 Å². The van der Waals surface area contributed by atoms with Crippen LogP contribution in [0.25, 0.3) is 0 Å². The molecule has 1 rings (SSSR count). The maximum Gasteiger partial charge on any atom is 0.251 e. The van der Waals surface area contributed by atoms with Gasteiger partial charge in [0.1, 0.15) is 12.0 Å². The highest BCUT2D eigenvalue weighted by molar-refractivity contribution is 5.96. The molecule has 4 nitrogen and oxygen atoms in total. The summed E-state index contributed by atoms with van der Waals surface area (Å²) in [5, 5.41) is 2.65. The highest BCUT2D eigenvalue weighted by atomic mass is 16.5. The summed E-state index contributed by atoms with van der Waals surface area (Å²) < 4.78 is 4.99. The van der Waals surface area contributed by atoms with Crippen molar-refractivity contribution in [2.75, 3.05) is 13.7 Å². The zero-order valence-electron chi connectivity index (χ0n) is 8.74. The Kier molecular flexibility index (Phi) is 3.85. The summed E-state index contributed by atoms with van der Waals surface area (Å²) >= 11 is 0. The van der Waals surface area contributed by atoms with Gasteiger partial charge in [0.25, 0.3) is 5.91 Å². The molecule has 0 saturated carbocycles. The minimum Gasteiger partial charge on any atom is -0.497 e. The van der Waals surface area contributed by atoms with Gasteiger partial charge in [-0.25, -0.2) is 0 Å². The zero-order valence-corrected chi connectivity index (χ0v) is 8.74. The second-order valence-corrected chi connectivity index (χ2v) is 2.97. The summed E-state index contributed by atoms with van der Waals surface area (Å²) in [4.78, 5) is 22.1. The molecular formula is C11H13NO3. The van der Waals surface area contributed by atoms with Crippen molar-refractivity contribution in [2.45, 2.75) is 6.92 Å². The van der Waals surface area contributed by atoms with Crippen molar-refractivity contribution < 1.29 is 14.3 Å². The molecule has 0 spiro atoms. The van der Waals surface area contributed by atoms with Crippen LogP contribution in [-0.4, -0.2) is 25.8 Å². The van der Waals surface area contributed by atoms with Crippen LogP contribution in [0.15, 0.2) is 18.2 Å². The van der Waals surface area contributed by atoms with E-state index in [9.17, 15) is 9.59 Å². The Hall–Kier alpha value is -1.84. The normalized spacial score (nSPS) is 9.47. The van der Waals surface area contributed by atoms with E-state index in [1.807, 2.05) is 6.92 Å². The molecule has 1 aromatic rings. The van der Waals surface area contributed by atoms with Crippen LogP contribution in [0.3, 0.4) is 0 Å². The minimum atomic E-state index is -0.209. The van der Waals surface area contributed by atoms with Crippen LogP contribution in [-0.2, 0) is 0 Å². The minimum absolute atomic E-state index is 0.209. The van der Waals surface area contributed by atoms with Gasteiger partial charge in [-0.1, -0.05) is 0 Å². The van der Waals surface area contributed by atoms with E-state index in [0.29, 0.717) is 29.7 Å². The number of benzene rings is 1. The van der Waals surface area contributed by atoms with E-state index >= 15 is 0 Å². The number of nitrogens with one attached hydrogen (secondary N) is 1. The maximum absolute atomic E-state index is 11.5. The molecule has 0 fully saturated rings. The van der Waals surface area contributed by atoms with Gasteiger partial charge in [-0.3, -0.25) is 9.59 Å². The average Bonchev–Trinajstić information content (AvgIpc) is 2.28. The fraction of sp³-hybridized carbons (Fsp3) is 0.273. The number of carbonyl (C=O) groups is 2. The zero-order chi connectivity index (χ0) is 11.3. The second-order valence-electron chi connectivity index (χ2n) is 2.97. The first-order valence-electron chi connectivity index (χ1n) is 4.63. The lowest BCUT2D eigenvalue weighted by molar-refractivity contribution is 0.0955. The number of aldehydes is 1. The van der Waals surface area contributed by atoms with Gasteiger partial charge in [0, 0.05) is 17.7 Å². The van der Waals surface area contributed by atoms with Crippen molar-refractivity contribution in [1.29, 1.82) is 0 Å². The van der Waals surface area contributed by atoms with Crippen molar-refractivity contribution in [3.63, 3.8) is 0 Å². The maximum atomic E-state index is 11.5. The third kappa shape index (κ3) is 2.80. The van der Waals surface area contributed by atoms with Crippen molar-refractivity contribution in [3.05, 3.63) is 29.3 Å². The first-order chi connectivity index (χ1) is 7.21. The van der Waals surface area contributed by atoms with Crippen LogP contribution in [0.4, 0.5) is 0 Å². The van der Waals surface area contributed by atoms with E-state index < -0.39 is 0 Å². The molecule has 0 saturated heterocycles. The highest BCUT2D eigenvalue weighted by Gasteiger charge is 2.07. The first-order valence-corrected chi connectivity index (χ1v) is 4.63. The van der Waals surface area contributed by atoms with Crippen LogP contribution in [0.1, 0.15) is 27.6 Å². The molecule has 0 aromatic heterocycles. The van der Waals surface area contributed by atoms with Gasteiger partial charge in [-0.15, -0.1) is 0 Å². The Morgan fingerprint density at radius 3 is 2.73 bits per heavy atom. The average molecular weight is 207 g/mol. The lowest BCUT2D eigenvalue weighted by Crippen LogP contribution is -2.22. The molecule has 0 atom stereocenters. The Balaban J connectivity index is 3.06. The highest BCUT2D eigenvalue weighted by Crippen LogP contribution is 2.15. The molecule has 1 aromatic carbocycles. The van der Waals surface area contributed by atoms with Crippen LogP contribution < -0.4 is 10.1 Å². The van der Waals surface area contributed by atoms with E-state index in [1.54, 1.807) is 12.1 Å². The molecule has 0 aliphatic carbocycles. The molecule has 1 amide bonds. The van der Waals surface area contributed by atoms with E-state index in [-0.39, 0.29) is 5.91 Å². The molecule has 0 heterocycles. The van der Waals surface area contributed by atoms with Crippen LogP contribution in [0.2, 0.25) is 0 Å². The number of rotatable bonds is 4. The summed E-state index contributed by atoms with van der Waals surface area (Å²) in [6.07, 6.45) is 0.686. The lowest BCUT2D eigenvalue weighted by atomic mass is 10.1. The number of methoxy groups -OCH3 is 1. The van der Waals surface area contributed by atoms with Crippen LogP contribution in [0, 0.1) is 0 Å². The number of ether oxygens (including phenoxy) is 1. The number of hydrogen-bond donors (Lipinski definition) is 1. The molecule has 0 unspecified atom stereocenters. The molecule has 15 heavy (non-hydrogen) atoms. The number of amides is 1. The second kappa shape index (κ2) is 5.14. The van der Waals surface area contributed by atoms with E-state index in [1.165, 1.54) is 13.2 Å². The summed E-state index contributed by atoms with van der Waals surface area (Å²) in [6.45, 7) is 2.38. The van der Waals surface area contributed by atoms with Gasteiger partial charge in [0.15, 0.2) is 0 Å². The topological polar surface area (TPSA) is 55.4 Å². The summed E-state index contributed by atoms with van der Waals surface area (Å²) in [7, 11) is 1.49. The molecule has 0 bridgehead atoms. The number of carbonyl (C=O) groups excluding carboxylic acids is 2. The monoisotopic (exact) mass is 207 g/mol. The fourth-order valence-corrected chi connectivity index (χ4v) is 1.20. The molecule has 1 N–H and O–H groups in total. The lowest BCUT2D eigenvalue weighted by Gasteiger charge is -2.05. The third-order valence-electron chi connectivity index (χ3n) is 1.90.